The summed E-state index contributed by atoms with van der Waals surface area (Å²) in [5.41, 5.74) is 5.45. The molecule has 0 radical (unpaired) electrons. The van der Waals surface area contributed by atoms with E-state index in [-0.39, 0.29) is 11.9 Å². The fraction of sp³-hybridized carbons (Fsp3) is 0.350. The molecule has 0 spiro atoms. The molecule has 3 rings (SSSR count). The summed E-state index contributed by atoms with van der Waals surface area (Å²) in [7, 11) is 1.68. The number of carbonyl (C=O) groups excluding carboxylic acids is 1. The van der Waals surface area contributed by atoms with Crippen molar-refractivity contribution in [2.45, 2.75) is 39.2 Å². The molecule has 1 amide bonds. The van der Waals surface area contributed by atoms with Crippen molar-refractivity contribution in [3.63, 3.8) is 0 Å². The second-order valence-electron chi connectivity index (χ2n) is 6.30. The van der Waals surface area contributed by atoms with E-state index in [0.29, 0.717) is 0 Å². The minimum atomic E-state index is 0.0103. The van der Waals surface area contributed by atoms with Crippen molar-refractivity contribution in [1.82, 2.24) is 5.32 Å². The molecule has 2 aromatic carbocycles. The van der Waals surface area contributed by atoms with E-state index >= 15 is 0 Å². The van der Waals surface area contributed by atoms with Gasteiger partial charge < -0.3 is 10.1 Å². The van der Waals surface area contributed by atoms with Gasteiger partial charge in [0, 0.05) is 5.56 Å². The van der Waals surface area contributed by atoms with Crippen LogP contribution in [-0.2, 0) is 6.42 Å². The first kappa shape index (κ1) is 15.6. The molecular formula is C20H23NO2. The van der Waals surface area contributed by atoms with Gasteiger partial charge in [-0.05, 0) is 68.0 Å². The highest BCUT2D eigenvalue weighted by Gasteiger charge is 2.23. The van der Waals surface area contributed by atoms with Gasteiger partial charge in [-0.15, -0.1) is 0 Å². The van der Waals surface area contributed by atoms with Crippen molar-refractivity contribution >= 4 is 5.91 Å². The van der Waals surface area contributed by atoms with Crippen LogP contribution in [-0.4, -0.2) is 13.0 Å². The number of hydrogen-bond acceptors (Lipinski definition) is 2. The molecule has 0 aromatic heterocycles. The molecule has 0 saturated carbocycles. The Morgan fingerprint density at radius 1 is 1.17 bits per heavy atom. The van der Waals surface area contributed by atoms with Crippen LogP contribution < -0.4 is 10.1 Å². The van der Waals surface area contributed by atoms with E-state index in [1.807, 2.05) is 32.0 Å². The topological polar surface area (TPSA) is 38.3 Å². The van der Waals surface area contributed by atoms with Crippen LogP contribution in [0.2, 0.25) is 0 Å². The van der Waals surface area contributed by atoms with E-state index in [4.69, 9.17) is 4.74 Å². The van der Waals surface area contributed by atoms with Crippen molar-refractivity contribution in [1.29, 1.82) is 0 Å². The van der Waals surface area contributed by atoms with Gasteiger partial charge >= 0.3 is 0 Å². The number of amides is 1. The quantitative estimate of drug-likeness (QED) is 0.926. The highest BCUT2D eigenvalue weighted by Crippen LogP contribution is 2.32. The first-order chi connectivity index (χ1) is 11.1. The van der Waals surface area contributed by atoms with Crippen LogP contribution in [0, 0.1) is 13.8 Å². The lowest BCUT2D eigenvalue weighted by molar-refractivity contribution is 0.0932. The second kappa shape index (κ2) is 6.45. The molecule has 1 aliphatic rings. The summed E-state index contributed by atoms with van der Waals surface area (Å²) in [5, 5.41) is 3.21. The summed E-state index contributed by atoms with van der Waals surface area (Å²) in [5.74, 6) is 0.890. The lowest BCUT2D eigenvalue weighted by atomic mass is 9.87. The molecule has 0 aliphatic heterocycles. The Labute approximate surface area is 137 Å². The monoisotopic (exact) mass is 309 g/mol. The highest BCUT2D eigenvalue weighted by molar-refractivity contribution is 5.96. The number of carbonyl (C=O) groups is 1. The molecule has 1 aliphatic carbocycles. The molecule has 23 heavy (non-hydrogen) atoms. The summed E-state index contributed by atoms with van der Waals surface area (Å²) in [6, 6.07) is 12.2. The van der Waals surface area contributed by atoms with E-state index in [2.05, 4.69) is 23.5 Å². The van der Waals surface area contributed by atoms with E-state index in [9.17, 15) is 4.79 Å². The first-order valence-corrected chi connectivity index (χ1v) is 8.13. The molecule has 2 aromatic rings. The van der Waals surface area contributed by atoms with Crippen molar-refractivity contribution in [3.05, 3.63) is 64.2 Å². The van der Waals surface area contributed by atoms with Crippen LogP contribution in [0.1, 0.15) is 51.5 Å². The molecule has 1 N–H and O–H groups in total. The number of fused-ring (bicyclic) bond motifs is 1. The molecule has 3 nitrogen and oxygen atoms in total. The van der Waals surface area contributed by atoms with Gasteiger partial charge in [0.05, 0.1) is 13.2 Å². The van der Waals surface area contributed by atoms with Crippen LogP contribution >= 0.6 is 0 Å². The zero-order chi connectivity index (χ0) is 16.4. The van der Waals surface area contributed by atoms with Gasteiger partial charge in [-0.25, -0.2) is 0 Å². The molecular weight excluding hydrogens is 286 g/mol. The number of nitrogens with one attached hydrogen (secondary N) is 1. The summed E-state index contributed by atoms with van der Waals surface area (Å²) >= 11 is 0. The normalized spacial score (nSPS) is 16.6. The smallest absolute Gasteiger partial charge is 0.252 e. The minimum Gasteiger partial charge on any atom is -0.497 e. The molecule has 0 unspecified atom stereocenters. The van der Waals surface area contributed by atoms with Gasteiger partial charge in [-0.1, -0.05) is 23.8 Å². The first-order valence-electron chi connectivity index (χ1n) is 8.13. The maximum atomic E-state index is 12.6. The van der Waals surface area contributed by atoms with E-state index in [1.54, 1.807) is 7.11 Å². The lowest BCUT2D eigenvalue weighted by Crippen LogP contribution is -2.31. The number of methoxy groups -OCH3 is 1. The molecule has 0 fully saturated rings. The van der Waals surface area contributed by atoms with Crippen molar-refractivity contribution < 1.29 is 9.53 Å². The van der Waals surface area contributed by atoms with Crippen molar-refractivity contribution in [2.24, 2.45) is 0 Å². The second-order valence-corrected chi connectivity index (χ2v) is 6.30. The van der Waals surface area contributed by atoms with Gasteiger partial charge in [0.15, 0.2) is 0 Å². The number of aryl methyl sites for hydroxylation is 3. The Morgan fingerprint density at radius 2 is 2.00 bits per heavy atom. The fourth-order valence-electron chi connectivity index (χ4n) is 3.37. The number of hydrogen-bond donors (Lipinski definition) is 1. The van der Waals surface area contributed by atoms with E-state index in [1.165, 1.54) is 16.7 Å². The number of rotatable bonds is 3. The number of ether oxygens (including phenoxy) is 1. The van der Waals surface area contributed by atoms with Gasteiger partial charge in [-0.2, -0.15) is 0 Å². The van der Waals surface area contributed by atoms with Crippen LogP contribution in [0.5, 0.6) is 5.75 Å². The Morgan fingerprint density at radius 3 is 2.74 bits per heavy atom. The average molecular weight is 309 g/mol. The Kier molecular flexibility index (Phi) is 4.37. The molecule has 0 heterocycles. The third kappa shape index (κ3) is 3.24. The minimum absolute atomic E-state index is 0.0103. The summed E-state index contributed by atoms with van der Waals surface area (Å²) in [4.78, 5) is 12.6. The van der Waals surface area contributed by atoms with Gasteiger partial charge in [0.1, 0.15) is 5.75 Å². The lowest BCUT2D eigenvalue weighted by Gasteiger charge is -2.27. The maximum absolute atomic E-state index is 12.6. The standard InChI is InChI=1S/C20H23NO2/c1-13-7-9-17(14(2)11-13)20(22)21-19-6-4-5-15-12-16(23-3)8-10-18(15)19/h7-12,19H,4-6H2,1-3H3,(H,21,22)/t19-/m1/s1. The third-order valence-corrected chi connectivity index (χ3v) is 4.60. The van der Waals surface area contributed by atoms with E-state index in [0.717, 1.165) is 36.1 Å². The van der Waals surface area contributed by atoms with Crippen LogP contribution in [0.4, 0.5) is 0 Å². The summed E-state index contributed by atoms with van der Waals surface area (Å²) in [6.07, 6.45) is 3.11. The highest BCUT2D eigenvalue weighted by atomic mass is 16.5. The zero-order valence-electron chi connectivity index (χ0n) is 14.0. The molecule has 0 saturated heterocycles. The molecule has 120 valence electrons. The van der Waals surface area contributed by atoms with Crippen LogP contribution in [0.15, 0.2) is 36.4 Å². The average Bonchev–Trinajstić information content (AvgIpc) is 2.54. The SMILES string of the molecule is COc1ccc2c(c1)CCC[C@H]2NC(=O)c1ccc(C)cc1C. The molecule has 3 heteroatoms. The van der Waals surface area contributed by atoms with Gasteiger partial charge in [0.25, 0.3) is 5.91 Å². The molecule has 1 atom stereocenters. The Hall–Kier alpha value is -2.29. The van der Waals surface area contributed by atoms with Gasteiger partial charge in [-0.3, -0.25) is 4.79 Å². The third-order valence-electron chi connectivity index (χ3n) is 4.60. The van der Waals surface area contributed by atoms with Crippen LogP contribution in [0.25, 0.3) is 0 Å². The van der Waals surface area contributed by atoms with Crippen molar-refractivity contribution in [3.8, 4) is 5.75 Å². The van der Waals surface area contributed by atoms with Crippen LogP contribution in [0.3, 0.4) is 0 Å². The van der Waals surface area contributed by atoms with Gasteiger partial charge in [0.2, 0.25) is 0 Å². The predicted octanol–water partition coefficient (Wildman–Crippen LogP) is 4.12. The fourth-order valence-corrected chi connectivity index (χ4v) is 3.37. The number of benzene rings is 2. The Bertz CT molecular complexity index is 736. The van der Waals surface area contributed by atoms with Crippen molar-refractivity contribution in [2.75, 3.05) is 7.11 Å². The maximum Gasteiger partial charge on any atom is 0.252 e. The zero-order valence-corrected chi connectivity index (χ0v) is 14.0. The van der Waals surface area contributed by atoms with E-state index < -0.39 is 0 Å². The Balaban J connectivity index is 1.83. The largest absolute Gasteiger partial charge is 0.497 e. The summed E-state index contributed by atoms with van der Waals surface area (Å²) < 4.78 is 5.31. The summed E-state index contributed by atoms with van der Waals surface area (Å²) in [6.45, 7) is 4.03. The predicted molar refractivity (Wildman–Crippen MR) is 92.1 cm³/mol. The molecule has 0 bridgehead atoms.